The van der Waals surface area contributed by atoms with E-state index in [1.54, 1.807) is 0 Å². The molecule has 2 aromatic rings. The number of ether oxygens (including phenoxy) is 1. The van der Waals surface area contributed by atoms with Crippen molar-refractivity contribution in [2.45, 2.75) is 167 Å². The van der Waals surface area contributed by atoms with Crippen LogP contribution in [0.2, 0.25) is 5.04 Å². The first-order valence-corrected chi connectivity index (χ1v) is 20.8. The van der Waals surface area contributed by atoms with Gasteiger partial charge in [-0.3, -0.25) is 0 Å². The van der Waals surface area contributed by atoms with Crippen LogP contribution in [-0.2, 0) is 9.16 Å². The summed E-state index contributed by atoms with van der Waals surface area (Å²) in [6.45, 7) is 10.4. The Bertz CT molecular complexity index is 887. The van der Waals surface area contributed by atoms with Gasteiger partial charge in [0.15, 0.2) is 0 Å². The molecule has 0 aliphatic heterocycles. The third-order valence-electron chi connectivity index (χ3n) is 9.36. The van der Waals surface area contributed by atoms with Gasteiger partial charge in [-0.25, -0.2) is 0 Å². The van der Waals surface area contributed by atoms with Crippen molar-refractivity contribution >= 4 is 18.7 Å². The van der Waals surface area contributed by atoms with E-state index in [0.29, 0.717) is 6.61 Å². The minimum absolute atomic E-state index is 0.0945. The van der Waals surface area contributed by atoms with Crippen molar-refractivity contribution in [3.63, 3.8) is 0 Å². The molecule has 45 heavy (non-hydrogen) atoms. The lowest BCUT2D eigenvalue weighted by Crippen LogP contribution is -2.67. The predicted octanol–water partition coefficient (Wildman–Crippen LogP) is 10.8. The third-order valence-corrected chi connectivity index (χ3v) is 14.4. The molecule has 2 aromatic carbocycles. The van der Waals surface area contributed by atoms with Crippen molar-refractivity contribution < 1.29 is 14.3 Å². The second kappa shape index (κ2) is 24.7. The van der Waals surface area contributed by atoms with Crippen LogP contribution in [0.5, 0.6) is 0 Å². The molecule has 0 spiro atoms. The monoisotopic (exact) mass is 639 g/mol. The molecule has 0 bridgehead atoms. The maximum Gasteiger partial charge on any atom is 0.261 e. The van der Waals surface area contributed by atoms with Gasteiger partial charge in [-0.15, -0.1) is 0 Å². The Kier molecular flexibility index (Phi) is 21.8. The Morgan fingerprint density at radius 1 is 0.533 bits per heavy atom. The molecule has 2 rings (SSSR count). The summed E-state index contributed by atoms with van der Waals surface area (Å²) in [5.74, 6) is 0. The standard InChI is InChI=1S/C41H70O3Si/c1-5-6-7-8-9-10-11-12-13-14-15-16-17-18-19-20-21-22-23-30-35-43-36-38(42)37-44-45(41(2,3)4,39-31-26-24-27-32-39)40-33-28-25-29-34-40/h24-29,31-34,38,42H,5-23,30,35-37H2,1-4H3/t38-/m1/s1. The van der Waals surface area contributed by atoms with Crippen LogP contribution in [0.3, 0.4) is 0 Å². The molecular formula is C41H70O3Si. The van der Waals surface area contributed by atoms with E-state index in [1.165, 1.54) is 132 Å². The highest BCUT2D eigenvalue weighted by Crippen LogP contribution is 2.36. The summed E-state index contributed by atoms with van der Waals surface area (Å²) in [6, 6.07) is 21.2. The Labute approximate surface area is 280 Å². The summed E-state index contributed by atoms with van der Waals surface area (Å²) in [5.41, 5.74) is 0. The number of hydrogen-bond acceptors (Lipinski definition) is 3. The Morgan fingerprint density at radius 2 is 0.889 bits per heavy atom. The summed E-state index contributed by atoms with van der Waals surface area (Å²) >= 11 is 0. The van der Waals surface area contributed by atoms with Crippen molar-refractivity contribution in [1.29, 1.82) is 0 Å². The fourth-order valence-electron chi connectivity index (χ4n) is 6.71. The van der Waals surface area contributed by atoms with Gasteiger partial charge in [0.1, 0.15) is 0 Å². The zero-order valence-corrected chi connectivity index (χ0v) is 30.9. The van der Waals surface area contributed by atoms with Crippen LogP contribution in [-0.4, -0.2) is 39.3 Å². The van der Waals surface area contributed by atoms with E-state index in [9.17, 15) is 5.11 Å². The molecule has 3 nitrogen and oxygen atoms in total. The van der Waals surface area contributed by atoms with E-state index in [1.807, 2.05) is 0 Å². The molecule has 0 aliphatic rings. The Morgan fingerprint density at radius 3 is 1.24 bits per heavy atom. The minimum Gasteiger partial charge on any atom is -0.405 e. The Hall–Kier alpha value is -1.46. The number of rotatable bonds is 28. The van der Waals surface area contributed by atoms with E-state index >= 15 is 0 Å². The van der Waals surface area contributed by atoms with Crippen LogP contribution in [0.1, 0.15) is 156 Å². The largest absolute Gasteiger partial charge is 0.405 e. The molecule has 0 aliphatic carbocycles. The van der Waals surface area contributed by atoms with E-state index in [-0.39, 0.29) is 11.6 Å². The second-order valence-electron chi connectivity index (χ2n) is 14.4. The molecule has 256 valence electrons. The van der Waals surface area contributed by atoms with Crippen molar-refractivity contribution in [3.05, 3.63) is 60.7 Å². The maximum atomic E-state index is 10.8. The van der Waals surface area contributed by atoms with Gasteiger partial charge in [0, 0.05) is 6.61 Å². The van der Waals surface area contributed by atoms with Crippen LogP contribution in [0.4, 0.5) is 0 Å². The van der Waals surface area contributed by atoms with Crippen molar-refractivity contribution in [2.24, 2.45) is 0 Å². The SMILES string of the molecule is CCCCCCCCCCCCCCCCCCCCCCOC[C@@H](O)CO[Si](c1ccccc1)(c1ccccc1)C(C)(C)C. The van der Waals surface area contributed by atoms with Gasteiger partial charge in [0.25, 0.3) is 8.32 Å². The van der Waals surface area contributed by atoms with Gasteiger partial charge < -0.3 is 14.3 Å². The summed E-state index contributed by atoms with van der Waals surface area (Å²) < 4.78 is 12.7. The van der Waals surface area contributed by atoms with E-state index < -0.39 is 14.4 Å². The predicted molar refractivity (Wildman–Crippen MR) is 198 cm³/mol. The van der Waals surface area contributed by atoms with Crippen LogP contribution in [0.15, 0.2) is 60.7 Å². The summed E-state index contributed by atoms with van der Waals surface area (Å²) in [4.78, 5) is 0. The maximum absolute atomic E-state index is 10.8. The first kappa shape index (κ1) is 39.7. The topological polar surface area (TPSA) is 38.7 Å². The quantitative estimate of drug-likeness (QED) is 0.0744. The molecule has 0 saturated heterocycles. The lowest BCUT2D eigenvalue weighted by molar-refractivity contribution is 0.00890. The highest BCUT2D eigenvalue weighted by atomic mass is 28.4. The zero-order chi connectivity index (χ0) is 32.5. The number of aliphatic hydroxyl groups excluding tert-OH is 1. The van der Waals surface area contributed by atoms with E-state index in [2.05, 4.69) is 88.4 Å². The molecule has 1 atom stereocenters. The van der Waals surface area contributed by atoms with Gasteiger partial charge in [-0.1, -0.05) is 210 Å². The van der Waals surface area contributed by atoms with Gasteiger partial charge in [-0.2, -0.15) is 0 Å². The highest BCUT2D eigenvalue weighted by molar-refractivity contribution is 6.99. The molecule has 0 radical (unpaired) electrons. The molecule has 4 heteroatoms. The molecular weight excluding hydrogens is 569 g/mol. The van der Waals surface area contributed by atoms with Crippen molar-refractivity contribution in [1.82, 2.24) is 0 Å². The van der Waals surface area contributed by atoms with Gasteiger partial charge >= 0.3 is 0 Å². The summed E-state index contributed by atoms with van der Waals surface area (Å²) in [6.07, 6.45) is 27.2. The molecule has 0 amide bonds. The summed E-state index contributed by atoms with van der Waals surface area (Å²) in [5, 5.41) is 13.2. The van der Waals surface area contributed by atoms with Gasteiger partial charge in [0.2, 0.25) is 0 Å². The Balaban J connectivity index is 1.48. The fourth-order valence-corrected chi connectivity index (χ4v) is 11.3. The summed E-state index contributed by atoms with van der Waals surface area (Å²) in [7, 11) is -2.63. The number of benzene rings is 2. The van der Waals surface area contributed by atoms with E-state index in [0.717, 1.165) is 13.0 Å². The molecule has 0 aromatic heterocycles. The van der Waals surface area contributed by atoms with Crippen molar-refractivity contribution in [2.75, 3.05) is 19.8 Å². The van der Waals surface area contributed by atoms with E-state index in [4.69, 9.17) is 9.16 Å². The second-order valence-corrected chi connectivity index (χ2v) is 18.7. The smallest absolute Gasteiger partial charge is 0.261 e. The lowest BCUT2D eigenvalue weighted by Gasteiger charge is -2.43. The van der Waals surface area contributed by atoms with Gasteiger partial charge in [-0.05, 0) is 21.8 Å². The minimum atomic E-state index is -2.63. The number of unbranched alkanes of at least 4 members (excludes halogenated alkanes) is 19. The number of aliphatic hydroxyl groups is 1. The van der Waals surface area contributed by atoms with Crippen LogP contribution in [0.25, 0.3) is 0 Å². The average molecular weight is 639 g/mol. The average Bonchev–Trinajstić information content (AvgIpc) is 3.04. The first-order valence-electron chi connectivity index (χ1n) is 18.9. The van der Waals surface area contributed by atoms with Crippen LogP contribution >= 0.6 is 0 Å². The molecule has 0 saturated carbocycles. The van der Waals surface area contributed by atoms with Crippen LogP contribution in [0, 0.1) is 0 Å². The fraction of sp³-hybridized carbons (Fsp3) is 0.707. The van der Waals surface area contributed by atoms with Crippen LogP contribution < -0.4 is 10.4 Å². The van der Waals surface area contributed by atoms with Gasteiger partial charge in [0.05, 0.1) is 19.3 Å². The molecule has 0 fully saturated rings. The number of hydrogen-bond donors (Lipinski definition) is 1. The first-order chi connectivity index (χ1) is 21.9. The molecule has 1 N–H and O–H groups in total. The molecule has 0 unspecified atom stereocenters. The lowest BCUT2D eigenvalue weighted by atomic mass is 10.0. The third kappa shape index (κ3) is 16.3. The normalized spacial score (nSPS) is 12.9. The zero-order valence-electron chi connectivity index (χ0n) is 29.9. The highest BCUT2D eigenvalue weighted by Gasteiger charge is 2.50. The van der Waals surface area contributed by atoms with Crippen molar-refractivity contribution in [3.8, 4) is 0 Å². The molecule has 0 heterocycles.